The summed E-state index contributed by atoms with van der Waals surface area (Å²) in [7, 11) is 0. The summed E-state index contributed by atoms with van der Waals surface area (Å²) in [6, 6.07) is 0. The molecule has 0 heterocycles. The molecule has 0 rings (SSSR count). The normalized spacial score (nSPS) is 12.3. The topological polar surface area (TPSA) is 78.9 Å². The second kappa shape index (κ2) is 65.9. The fraction of sp³-hybridized carbons (Fsp3) is 0.845. The van der Waals surface area contributed by atoms with Crippen LogP contribution in [0.1, 0.15) is 367 Å². The Bertz CT molecular complexity index is 1330. The third-order valence-corrected chi connectivity index (χ3v) is 15.3. The van der Waals surface area contributed by atoms with Gasteiger partial charge in [0.1, 0.15) is 13.2 Å². The van der Waals surface area contributed by atoms with Crippen molar-refractivity contribution in [3.8, 4) is 0 Å². The number of rotatable bonds is 63. The third-order valence-electron chi connectivity index (χ3n) is 15.3. The van der Waals surface area contributed by atoms with Crippen LogP contribution < -0.4 is 0 Å². The fourth-order valence-electron chi connectivity index (χ4n) is 10.2. The van der Waals surface area contributed by atoms with Crippen LogP contribution in [0.25, 0.3) is 0 Å². The number of hydrogen-bond acceptors (Lipinski definition) is 6. The van der Waals surface area contributed by atoms with Gasteiger partial charge >= 0.3 is 17.9 Å². The maximum atomic E-state index is 12.9. The fourth-order valence-corrected chi connectivity index (χ4v) is 10.2. The molecule has 0 spiro atoms. The molecule has 0 aliphatic carbocycles. The highest BCUT2D eigenvalue weighted by Gasteiger charge is 2.19. The number of hydrogen-bond donors (Lipinski definition) is 0. The molecule has 0 fully saturated rings. The van der Waals surface area contributed by atoms with E-state index in [0.29, 0.717) is 25.7 Å². The van der Waals surface area contributed by atoms with E-state index in [2.05, 4.69) is 69.4 Å². The van der Waals surface area contributed by atoms with E-state index in [9.17, 15) is 14.4 Å². The van der Waals surface area contributed by atoms with Crippen LogP contribution in [-0.2, 0) is 28.6 Å². The van der Waals surface area contributed by atoms with Gasteiger partial charge in [0, 0.05) is 19.3 Å². The lowest BCUT2D eigenvalue weighted by Gasteiger charge is -2.18. The van der Waals surface area contributed by atoms with Crippen molar-refractivity contribution < 1.29 is 28.6 Å². The van der Waals surface area contributed by atoms with E-state index in [0.717, 1.165) is 57.8 Å². The molecule has 6 heteroatoms. The minimum Gasteiger partial charge on any atom is -0.462 e. The van der Waals surface area contributed by atoms with Crippen LogP contribution >= 0.6 is 0 Å². The molecule has 0 saturated carbocycles. The molecule has 0 aliphatic heterocycles. The zero-order valence-corrected chi connectivity index (χ0v) is 51.7. The van der Waals surface area contributed by atoms with Gasteiger partial charge in [-0.15, -0.1) is 0 Å². The van der Waals surface area contributed by atoms with Crippen molar-refractivity contribution in [2.75, 3.05) is 13.2 Å². The number of carbonyl (C=O) groups excluding carboxylic acids is 3. The smallest absolute Gasteiger partial charge is 0.306 e. The number of ether oxygens (including phenoxy) is 3. The van der Waals surface area contributed by atoms with E-state index in [1.165, 1.54) is 263 Å². The zero-order chi connectivity index (χ0) is 55.7. The predicted octanol–water partition coefficient (Wildman–Crippen LogP) is 23.3. The lowest BCUT2D eigenvalue weighted by Crippen LogP contribution is -2.30. The molecule has 0 aromatic rings. The maximum Gasteiger partial charge on any atom is 0.306 e. The summed E-state index contributed by atoms with van der Waals surface area (Å²) in [5.74, 6) is -0.915. The molecule has 6 nitrogen and oxygen atoms in total. The summed E-state index contributed by atoms with van der Waals surface area (Å²) in [6.07, 6.45) is 82.8. The van der Waals surface area contributed by atoms with Crippen molar-refractivity contribution in [2.45, 2.75) is 374 Å². The van der Waals surface area contributed by atoms with Crippen LogP contribution in [0.2, 0.25) is 0 Å². The van der Waals surface area contributed by atoms with E-state index < -0.39 is 6.10 Å². The molecular weight excluding hydrogens is 949 g/mol. The van der Waals surface area contributed by atoms with Gasteiger partial charge in [-0.2, -0.15) is 0 Å². The number of carbonyl (C=O) groups is 3. The number of allylic oxidation sites excluding steroid dienone is 8. The summed E-state index contributed by atoms with van der Waals surface area (Å²) in [6.45, 7) is 6.65. The van der Waals surface area contributed by atoms with E-state index in [1.54, 1.807) is 0 Å². The summed E-state index contributed by atoms with van der Waals surface area (Å²) in [5.41, 5.74) is 0. The summed E-state index contributed by atoms with van der Waals surface area (Å²) >= 11 is 0. The number of esters is 3. The molecular formula is C71H130O6. The average molecular weight is 1080 g/mol. The van der Waals surface area contributed by atoms with Gasteiger partial charge in [-0.25, -0.2) is 0 Å². The first kappa shape index (κ1) is 74.4. The highest BCUT2D eigenvalue weighted by Crippen LogP contribution is 2.18. The van der Waals surface area contributed by atoms with Crippen LogP contribution in [0.4, 0.5) is 0 Å². The van der Waals surface area contributed by atoms with Crippen molar-refractivity contribution in [2.24, 2.45) is 0 Å². The van der Waals surface area contributed by atoms with Gasteiger partial charge in [0.25, 0.3) is 0 Å². The van der Waals surface area contributed by atoms with Gasteiger partial charge in [0.05, 0.1) is 0 Å². The minimum absolute atomic E-state index is 0.0847. The summed E-state index contributed by atoms with van der Waals surface area (Å²) in [5, 5.41) is 0. The number of unbranched alkanes of at least 4 members (excludes halogenated alkanes) is 44. The molecule has 0 radical (unpaired) electrons. The van der Waals surface area contributed by atoms with E-state index in [-0.39, 0.29) is 31.1 Å². The van der Waals surface area contributed by atoms with Gasteiger partial charge in [0.15, 0.2) is 6.10 Å². The van der Waals surface area contributed by atoms with Gasteiger partial charge < -0.3 is 14.2 Å². The molecule has 0 aromatic carbocycles. The predicted molar refractivity (Wildman–Crippen MR) is 335 cm³/mol. The Labute approximate surface area is 479 Å². The molecule has 450 valence electrons. The summed E-state index contributed by atoms with van der Waals surface area (Å²) in [4.78, 5) is 38.4. The summed E-state index contributed by atoms with van der Waals surface area (Å²) < 4.78 is 16.9. The van der Waals surface area contributed by atoms with Gasteiger partial charge in [0.2, 0.25) is 0 Å². The third kappa shape index (κ3) is 64.1. The zero-order valence-electron chi connectivity index (χ0n) is 51.7. The van der Waals surface area contributed by atoms with Crippen molar-refractivity contribution in [1.82, 2.24) is 0 Å². The molecule has 0 aromatic heterocycles. The Morgan fingerprint density at radius 3 is 0.792 bits per heavy atom. The monoisotopic (exact) mass is 1080 g/mol. The maximum absolute atomic E-state index is 12.9. The second-order valence-corrected chi connectivity index (χ2v) is 23.1. The lowest BCUT2D eigenvalue weighted by atomic mass is 10.0. The van der Waals surface area contributed by atoms with Crippen molar-refractivity contribution in [3.05, 3.63) is 48.6 Å². The molecule has 0 bridgehead atoms. The Balaban J connectivity index is 4.37. The molecule has 0 unspecified atom stereocenters. The highest BCUT2D eigenvalue weighted by molar-refractivity contribution is 5.71. The van der Waals surface area contributed by atoms with Crippen LogP contribution in [0.15, 0.2) is 48.6 Å². The SMILES string of the molecule is CCCCCCCC/C=C\C/C=C\C/C=C\CCCC(=O)OC[C@H](COC(=O)CCCCCCCCCCCCCCCCCCCCCCC)OC(=O)CCCCCCCCCCCCC/C=C\CCCCCCCC. The van der Waals surface area contributed by atoms with E-state index in [1.807, 2.05) is 0 Å². The van der Waals surface area contributed by atoms with Crippen LogP contribution in [0, 0.1) is 0 Å². The van der Waals surface area contributed by atoms with E-state index >= 15 is 0 Å². The average Bonchev–Trinajstić information content (AvgIpc) is 3.43. The van der Waals surface area contributed by atoms with Crippen molar-refractivity contribution >= 4 is 17.9 Å². The molecule has 0 aliphatic rings. The molecule has 0 saturated heterocycles. The Hall–Kier alpha value is -2.63. The lowest BCUT2D eigenvalue weighted by molar-refractivity contribution is -0.167. The highest BCUT2D eigenvalue weighted by atomic mass is 16.6. The Morgan fingerprint density at radius 1 is 0.260 bits per heavy atom. The quantitative estimate of drug-likeness (QED) is 0.0261. The van der Waals surface area contributed by atoms with E-state index in [4.69, 9.17) is 14.2 Å². The second-order valence-electron chi connectivity index (χ2n) is 23.1. The van der Waals surface area contributed by atoms with Crippen LogP contribution in [0.3, 0.4) is 0 Å². The van der Waals surface area contributed by atoms with Gasteiger partial charge in [-0.1, -0.05) is 320 Å². The first-order valence-electron chi connectivity index (χ1n) is 34.1. The Morgan fingerprint density at radius 2 is 0.481 bits per heavy atom. The van der Waals surface area contributed by atoms with Crippen molar-refractivity contribution in [1.29, 1.82) is 0 Å². The van der Waals surface area contributed by atoms with Gasteiger partial charge in [-0.05, 0) is 77.0 Å². The molecule has 77 heavy (non-hydrogen) atoms. The minimum atomic E-state index is -0.793. The molecule has 0 N–H and O–H groups in total. The Kier molecular flexibility index (Phi) is 63.6. The molecule has 0 amide bonds. The standard InChI is InChI=1S/C71H130O6/c1-4-7-10-13-16-19-22-25-28-31-33-35-37-40-43-46-49-52-55-58-61-64-70(73)76-67-68(66-75-69(72)63-60-57-54-51-48-45-42-39-30-27-24-21-18-15-12-9-6-3)77-71(74)65-62-59-56-53-50-47-44-41-38-36-34-32-29-26-23-20-17-14-11-8-5-2/h26-27,29-30,42,45,51,54,68H,4-25,28,31-41,43-44,46-50,52-53,55-67H2,1-3H3/b29-26-,30-27-,45-42-,54-51-/t68-/m1/s1. The van der Waals surface area contributed by atoms with Gasteiger partial charge in [-0.3, -0.25) is 14.4 Å². The molecule has 1 atom stereocenters. The van der Waals surface area contributed by atoms with Crippen LogP contribution in [0.5, 0.6) is 0 Å². The largest absolute Gasteiger partial charge is 0.462 e. The first-order valence-corrected chi connectivity index (χ1v) is 34.1. The van der Waals surface area contributed by atoms with Crippen LogP contribution in [-0.4, -0.2) is 37.2 Å². The van der Waals surface area contributed by atoms with Crippen molar-refractivity contribution in [3.63, 3.8) is 0 Å². The first-order chi connectivity index (χ1) is 38.0.